The minimum Gasteiger partial charge on any atom is -0.481 e. The first-order valence-corrected chi connectivity index (χ1v) is 9.83. The number of hydrogen-bond donors (Lipinski definition) is 1. The molecule has 0 saturated heterocycles. The first-order valence-electron chi connectivity index (χ1n) is 9.83. The summed E-state index contributed by atoms with van der Waals surface area (Å²) in [5, 5.41) is 9.76. The molecular weight excluding hydrogens is 429 g/mol. The van der Waals surface area contributed by atoms with Crippen LogP contribution in [-0.4, -0.2) is 16.1 Å². The summed E-state index contributed by atoms with van der Waals surface area (Å²) in [6, 6.07) is 11.1. The Bertz CT molecular complexity index is 1100. The maximum absolute atomic E-state index is 13.7. The summed E-state index contributed by atoms with van der Waals surface area (Å²) in [6.07, 6.45) is -4.19. The molecule has 0 bridgehead atoms. The number of aromatic nitrogens is 1. The van der Waals surface area contributed by atoms with Crippen LogP contribution in [0.5, 0.6) is 0 Å². The van der Waals surface area contributed by atoms with Gasteiger partial charge in [0.1, 0.15) is 0 Å². The first-order chi connectivity index (χ1) is 14.9. The van der Waals surface area contributed by atoms with Crippen molar-refractivity contribution in [3.05, 3.63) is 77.6 Å². The molecule has 0 aliphatic heterocycles. The number of benzene rings is 2. The third-order valence-corrected chi connectivity index (χ3v) is 5.00. The molecule has 1 unspecified atom stereocenters. The van der Waals surface area contributed by atoms with Crippen molar-refractivity contribution < 1.29 is 31.9 Å². The van der Waals surface area contributed by atoms with E-state index in [1.54, 1.807) is 12.1 Å². The fourth-order valence-electron chi connectivity index (χ4n) is 3.52. The van der Waals surface area contributed by atoms with Crippen LogP contribution in [0.2, 0.25) is 0 Å². The molecule has 3 nitrogen and oxygen atoms in total. The fraction of sp³-hybridized carbons (Fsp3) is 0.250. The van der Waals surface area contributed by atoms with E-state index in [4.69, 9.17) is 0 Å². The molecule has 3 rings (SSSR count). The van der Waals surface area contributed by atoms with Crippen molar-refractivity contribution in [1.29, 1.82) is 0 Å². The van der Waals surface area contributed by atoms with Gasteiger partial charge in [-0.05, 0) is 58.4 Å². The molecule has 168 valence electrons. The normalized spacial score (nSPS) is 12.8. The first kappa shape index (κ1) is 23.4. The van der Waals surface area contributed by atoms with Gasteiger partial charge in [0, 0.05) is 12.1 Å². The molecule has 0 aliphatic carbocycles. The molecule has 1 heterocycles. The molecule has 0 spiro atoms. The summed E-state index contributed by atoms with van der Waals surface area (Å²) >= 11 is 0. The van der Waals surface area contributed by atoms with Crippen LogP contribution in [0.3, 0.4) is 0 Å². The van der Waals surface area contributed by atoms with E-state index in [1.807, 2.05) is 13.8 Å². The van der Waals surface area contributed by atoms with Gasteiger partial charge in [-0.15, -0.1) is 0 Å². The lowest BCUT2D eigenvalue weighted by molar-refractivity contribution is -0.139. The van der Waals surface area contributed by atoms with Crippen LogP contribution in [0.15, 0.2) is 54.6 Å². The number of hydrogen-bond acceptors (Lipinski definition) is 2. The number of carboxylic acids is 1. The standard InChI is InChI=1S/C24H20F5NO2/c1-13(2)7-20(23(31)32)18-9-15(14-3-5-19(6-4-14)24(27,28)29)8-16(10-18)17-11-21(25)30-22(26)12-17/h3-6,8-13,20H,7H2,1-2H3,(H,31,32). The van der Waals surface area contributed by atoms with Gasteiger partial charge in [0.2, 0.25) is 11.9 Å². The summed E-state index contributed by atoms with van der Waals surface area (Å²) in [7, 11) is 0. The van der Waals surface area contributed by atoms with Crippen molar-refractivity contribution in [2.24, 2.45) is 5.92 Å². The molecular formula is C24H20F5NO2. The smallest absolute Gasteiger partial charge is 0.416 e. The minimum atomic E-state index is -4.50. The Labute approximate surface area is 181 Å². The Hall–Kier alpha value is -3.29. The molecule has 0 radical (unpaired) electrons. The van der Waals surface area contributed by atoms with Crippen molar-refractivity contribution in [3.8, 4) is 22.3 Å². The van der Waals surface area contributed by atoms with Gasteiger partial charge in [0.05, 0.1) is 11.5 Å². The van der Waals surface area contributed by atoms with Gasteiger partial charge in [0.15, 0.2) is 0 Å². The second kappa shape index (κ2) is 9.06. The van der Waals surface area contributed by atoms with Crippen molar-refractivity contribution in [3.63, 3.8) is 0 Å². The second-order valence-electron chi connectivity index (χ2n) is 7.94. The lowest BCUT2D eigenvalue weighted by atomic mass is 9.86. The Morgan fingerprint density at radius 3 is 1.84 bits per heavy atom. The highest BCUT2D eigenvalue weighted by Crippen LogP contribution is 2.35. The predicted octanol–water partition coefficient (Wildman–Crippen LogP) is 6.93. The van der Waals surface area contributed by atoms with Crippen LogP contribution < -0.4 is 0 Å². The molecule has 1 aromatic heterocycles. The third-order valence-electron chi connectivity index (χ3n) is 5.00. The Balaban J connectivity index is 2.19. The Morgan fingerprint density at radius 2 is 1.38 bits per heavy atom. The van der Waals surface area contributed by atoms with E-state index in [1.165, 1.54) is 18.2 Å². The molecule has 0 fully saturated rings. The SMILES string of the molecule is CC(C)CC(C(=O)O)c1cc(-c2ccc(C(F)(F)F)cc2)cc(-c2cc(F)nc(F)c2)c1. The lowest BCUT2D eigenvalue weighted by Gasteiger charge is -2.18. The van der Waals surface area contributed by atoms with Gasteiger partial charge in [0.25, 0.3) is 0 Å². The zero-order chi connectivity index (χ0) is 23.6. The monoisotopic (exact) mass is 449 g/mol. The molecule has 2 aromatic carbocycles. The highest BCUT2D eigenvalue weighted by Gasteiger charge is 2.30. The zero-order valence-electron chi connectivity index (χ0n) is 17.3. The van der Waals surface area contributed by atoms with Crippen LogP contribution >= 0.6 is 0 Å². The lowest BCUT2D eigenvalue weighted by Crippen LogP contribution is -2.14. The van der Waals surface area contributed by atoms with Crippen molar-refractivity contribution in [2.45, 2.75) is 32.4 Å². The van der Waals surface area contributed by atoms with Crippen LogP contribution in [0.1, 0.15) is 37.3 Å². The number of pyridine rings is 1. The second-order valence-corrected chi connectivity index (χ2v) is 7.94. The third kappa shape index (κ3) is 5.49. The van der Waals surface area contributed by atoms with Gasteiger partial charge in [-0.3, -0.25) is 4.79 Å². The largest absolute Gasteiger partial charge is 0.481 e. The summed E-state index contributed by atoms with van der Waals surface area (Å²) < 4.78 is 66.2. The maximum Gasteiger partial charge on any atom is 0.416 e. The van der Waals surface area contributed by atoms with E-state index in [0.29, 0.717) is 28.7 Å². The fourth-order valence-corrected chi connectivity index (χ4v) is 3.52. The zero-order valence-corrected chi connectivity index (χ0v) is 17.3. The number of halogens is 5. The molecule has 1 N–H and O–H groups in total. The summed E-state index contributed by atoms with van der Waals surface area (Å²) in [6.45, 7) is 3.73. The van der Waals surface area contributed by atoms with E-state index in [9.17, 15) is 31.9 Å². The molecule has 0 aliphatic rings. The number of carbonyl (C=O) groups is 1. The van der Waals surface area contributed by atoms with Gasteiger partial charge < -0.3 is 5.11 Å². The number of nitrogens with zero attached hydrogens (tertiary/aromatic N) is 1. The van der Waals surface area contributed by atoms with Gasteiger partial charge in [-0.1, -0.05) is 38.1 Å². The maximum atomic E-state index is 13.7. The average Bonchev–Trinajstić information content (AvgIpc) is 2.70. The topological polar surface area (TPSA) is 50.2 Å². The number of rotatable bonds is 6. The van der Waals surface area contributed by atoms with E-state index in [2.05, 4.69) is 4.98 Å². The van der Waals surface area contributed by atoms with Gasteiger partial charge >= 0.3 is 12.1 Å². The van der Waals surface area contributed by atoms with Crippen molar-refractivity contribution >= 4 is 5.97 Å². The van der Waals surface area contributed by atoms with Crippen LogP contribution in [-0.2, 0) is 11.0 Å². The molecule has 0 saturated carbocycles. The summed E-state index contributed by atoms with van der Waals surface area (Å²) in [5.74, 6) is -4.01. The number of alkyl halides is 3. The molecule has 0 amide bonds. The van der Waals surface area contributed by atoms with Crippen LogP contribution in [0, 0.1) is 17.8 Å². The van der Waals surface area contributed by atoms with E-state index < -0.39 is 35.5 Å². The van der Waals surface area contributed by atoms with E-state index in [-0.39, 0.29) is 11.5 Å². The molecule has 3 aromatic rings. The quantitative estimate of drug-likeness (QED) is 0.328. The highest BCUT2D eigenvalue weighted by molar-refractivity contribution is 5.80. The molecule has 8 heteroatoms. The van der Waals surface area contributed by atoms with Gasteiger partial charge in [-0.25, -0.2) is 0 Å². The van der Waals surface area contributed by atoms with Crippen LogP contribution in [0.4, 0.5) is 22.0 Å². The van der Waals surface area contributed by atoms with E-state index in [0.717, 1.165) is 24.3 Å². The van der Waals surface area contributed by atoms with Crippen molar-refractivity contribution in [1.82, 2.24) is 4.98 Å². The molecule has 32 heavy (non-hydrogen) atoms. The number of carboxylic acid groups (broad SMARTS) is 1. The predicted molar refractivity (Wildman–Crippen MR) is 110 cm³/mol. The molecule has 1 atom stereocenters. The minimum absolute atomic E-state index is 0.0464. The summed E-state index contributed by atoms with van der Waals surface area (Å²) in [5.41, 5.74) is 0.866. The van der Waals surface area contributed by atoms with E-state index >= 15 is 0 Å². The average molecular weight is 449 g/mol. The van der Waals surface area contributed by atoms with Crippen molar-refractivity contribution in [2.75, 3.05) is 0 Å². The van der Waals surface area contributed by atoms with Crippen LogP contribution in [0.25, 0.3) is 22.3 Å². The number of aliphatic carboxylic acids is 1. The Kier molecular flexibility index (Phi) is 6.62. The van der Waals surface area contributed by atoms with Gasteiger partial charge in [-0.2, -0.15) is 26.9 Å². The highest BCUT2D eigenvalue weighted by atomic mass is 19.4. The summed E-state index contributed by atoms with van der Waals surface area (Å²) in [4.78, 5) is 15.0. The Morgan fingerprint density at radius 1 is 0.875 bits per heavy atom.